The molecule has 160 valence electrons. The molecule has 0 amide bonds. The summed E-state index contributed by atoms with van der Waals surface area (Å²) in [4.78, 5) is 22.3. The van der Waals surface area contributed by atoms with Gasteiger partial charge in [-0.2, -0.15) is 5.10 Å². The molecular formula is C28H16N4O2. The van der Waals surface area contributed by atoms with Crippen LogP contribution >= 0.6 is 0 Å². The topological polar surface area (TPSA) is 80.8 Å². The average molecular weight is 440 g/mol. The Morgan fingerprint density at radius 3 is 2.18 bits per heavy atom. The van der Waals surface area contributed by atoms with Crippen LogP contribution < -0.4 is 10.3 Å². The lowest BCUT2D eigenvalue weighted by Crippen LogP contribution is -2.12. The number of nitrogens with zero attached hydrogens (tertiary/aromatic N) is 3. The summed E-state index contributed by atoms with van der Waals surface area (Å²) in [7, 11) is 0. The molecule has 6 nitrogen and oxygen atoms in total. The van der Waals surface area contributed by atoms with Gasteiger partial charge in [0.15, 0.2) is 0 Å². The molecule has 34 heavy (non-hydrogen) atoms. The number of nitrogens with one attached hydrogen (secondary N) is 1. The van der Waals surface area contributed by atoms with Crippen LogP contribution in [-0.2, 0) is 0 Å². The number of para-hydroxylation sites is 2. The van der Waals surface area contributed by atoms with Gasteiger partial charge < -0.3 is 4.74 Å². The number of H-pyrrole nitrogens is 1. The zero-order chi connectivity index (χ0) is 22.6. The van der Waals surface area contributed by atoms with Crippen molar-refractivity contribution in [3.8, 4) is 45.3 Å². The summed E-state index contributed by atoms with van der Waals surface area (Å²) in [5, 5.41) is 8.28. The molecule has 0 bridgehead atoms. The molecule has 0 radical (unpaired) electrons. The van der Waals surface area contributed by atoms with E-state index in [2.05, 4.69) is 10.2 Å². The van der Waals surface area contributed by atoms with Gasteiger partial charge in [-0.25, -0.2) is 15.1 Å². The van der Waals surface area contributed by atoms with Crippen LogP contribution in [0.2, 0.25) is 0 Å². The van der Waals surface area contributed by atoms with E-state index in [1.165, 1.54) is 0 Å². The van der Waals surface area contributed by atoms with Crippen LogP contribution in [0.1, 0.15) is 0 Å². The van der Waals surface area contributed by atoms with Gasteiger partial charge in [0.05, 0.1) is 33.2 Å². The quantitative estimate of drug-likeness (QED) is 0.358. The fourth-order valence-corrected chi connectivity index (χ4v) is 4.54. The average Bonchev–Trinajstić information content (AvgIpc) is 2.90. The van der Waals surface area contributed by atoms with Crippen molar-refractivity contribution in [3.05, 3.63) is 101 Å². The molecule has 3 heterocycles. The highest BCUT2D eigenvalue weighted by Crippen LogP contribution is 2.46. The Hall–Kier alpha value is -4.84. The van der Waals surface area contributed by atoms with Gasteiger partial charge in [0.1, 0.15) is 17.2 Å². The van der Waals surface area contributed by atoms with Gasteiger partial charge in [-0.3, -0.25) is 4.79 Å². The van der Waals surface area contributed by atoms with E-state index in [0.717, 1.165) is 39.1 Å². The number of benzene rings is 4. The maximum atomic E-state index is 12.4. The van der Waals surface area contributed by atoms with Crippen molar-refractivity contribution in [2.24, 2.45) is 0 Å². The summed E-state index contributed by atoms with van der Waals surface area (Å²) < 4.78 is 6.15. The first kappa shape index (κ1) is 18.7. The second-order valence-corrected chi connectivity index (χ2v) is 8.17. The molecule has 0 aliphatic carbocycles. The predicted octanol–water partition coefficient (Wildman–Crippen LogP) is 5.97. The number of fused-ring (bicyclic) bond motifs is 3. The number of aromatic nitrogens is 4. The second kappa shape index (κ2) is 7.08. The normalized spacial score (nSPS) is 11.9. The Morgan fingerprint density at radius 2 is 1.38 bits per heavy atom. The summed E-state index contributed by atoms with van der Waals surface area (Å²) in [6.07, 6.45) is 0. The van der Waals surface area contributed by atoms with E-state index in [4.69, 9.17) is 14.7 Å². The van der Waals surface area contributed by atoms with Crippen LogP contribution in [0.4, 0.5) is 0 Å². The summed E-state index contributed by atoms with van der Waals surface area (Å²) in [5.41, 5.74) is 6.35. The molecule has 0 fully saturated rings. The lowest BCUT2D eigenvalue weighted by molar-refractivity contribution is 0.486. The summed E-state index contributed by atoms with van der Waals surface area (Å²) in [5.74, 6) is 1.31. The first-order valence-electron chi connectivity index (χ1n) is 10.9. The van der Waals surface area contributed by atoms with Gasteiger partial charge in [0.2, 0.25) is 0 Å². The largest absolute Gasteiger partial charge is 0.456 e. The van der Waals surface area contributed by atoms with Gasteiger partial charge in [0, 0.05) is 16.7 Å². The van der Waals surface area contributed by atoms with Crippen molar-refractivity contribution in [3.63, 3.8) is 0 Å². The molecule has 1 N–H and O–H groups in total. The van der Waals surface area contributed by atoms with Gasteiger partial charge >= 0.3 is 0 Å². The van der Waals surface area contributed by atoms with Crippen LogP contribution in [0.3, 0.4) is 0 Å². The minimum Gasteiger partial charge on any atom is -0.456 e. The number of ether oxygens (including phenoxy) is 1. The molecule has 1 aliphatic rings. The molecular weight excluding hydrogens is 424 g/mol. The Kier molecular flexibility index (Phi) is 3.90. The molecule has 1 aliphatic heterocycles. The Balaban J connectivity index is 1.50. The molecule has 6 heteroatoms. The maximum Gasteiger partial charge on any atom is 0.272 e. The predicted molar refractivity (Wildman–Crippen MR) is 132 cm³/mol. The Morgan fingerprint density at radius 1 is 0.647 bits per heavy atom. The van der Waals surface area contributed by atoms with E-state index in [1.54, 1.807) is 6.07 Å². The zero-order valence-corrected chi connectivity index (χ0v) is 17.8. The molecule has 0 saturated carbocycles. The SMILES string of the molecule is O=c1[nH]nc2c3c(cccc13)Oc1ccc(-c3nc4ccccc4nc3-c3ccccc3)cc1-2. The van der Waals surface area contributed by atoms with Crippen LogP contribution in [-0.4, -0.2) is 20.2 Å². The first-order valence-corrected chi connectivity index (χ1v) is 10.9. The summed E-state index contributed by atoms with van der Waals surface area (Å²) in [6, 6.07) is 29.3. The standard InChI is InChI=1S/C28H16N4O2/c33-28-18-9-6-12-23-24(18)27(31-32-28)19-15-17(13-14-22(19)34-23)26-25(16-7-2-1-3-8-16)29-20-10-4-5-11-21(20)30-26/h1-15H,(H,32,33). The minimum absolute atomic E-state index is 0.240. The van der Waals surface area contributed by atoms with Gasteiger partial charge in [-0.05, 0) is 42.5 Å². The number of aromatic amines is 1. The third-order valence-corrected chi connectivity index (χ3v) is 6.12. The lowest BCUT2D eigenvalue weighted by Gasteiger charge is -2.20. The number of hydrogen-bond acceptors (Lipinski definition) is 5. The van der Waals surface area contributed by atoms with E-state index < -0.39 is 0 Å². The zero-order valence-electron chi connectivity index (χ0n) is 17.8. The first-order chi connectivity index (χ1) is 16.8. The van der Waals surface area contributed by atoms with Crippen LogP contribution in [0.5, 0.6) is 11.5 Å². The smallest absolute Gasteiger partial charge is 0.272 e. The maximum absolute atomic E-state index is 12.4. The molecule has 6 aromatic rings. The second-order valence-electron chi connectivity index (χ2n) is 8.17. The third-order valence-electron chi connectivity index (χ3n) is 6.12. The van der Waals surface area contributed by atoms with Crippen LogP contribution in [0.15, 0.2) is 95.8 Å². The van der Waals surface area contributed by atoms with E-state index in [-0.39, 0.29) is 5.56 Å². The third kappa shape index (κ3) is 2.75. The van der Waals surface area contributed by atoms with Crippen molar-refractivity contribution < 1.29 is 4.74 Å². The van der Waals surface area contributed by atoms with E-state index in [9.17, 15) is 4.79 Å². The van der Waals surface area contributed by atoms with Crippen molar-refractivity contribution in [2.45, 2.75) is 0 Å². The molecule has 0 saturated heterocycles. The van der Waals surface area contributed by atoms with E-state index >= 15 is 0 Å². The molecule has 0 unspecified atom stereocenters. The van der Waals surface area contributed by atoms with Crippen molar-refractivity contribution in [2.75, 3.05) is 0 Å². The molecule has 0 atom stereocenters. The van der Waals surface area contributed by atoms with Gasteiger partial charge in [-0.1, -0.05) is 48.5 Å². The van der Waals surface area contributed by atoms with Crippen LogP contribution in [0.25, 0.3) is 55.6 Å². The van der Waals surface area contributed by atoms with Crippen molar-refractivity contribution in [1.29, 1.82) is 0 Å². The van der Waals surface area contributed by atoms with Crippen molar-refractivity contribution in [1.82, 2.24) is 20.2 Å². The van der Waals surface area contributed by atoms with Crippen molar-refractivity contribution >= 4 is 21.8 Å². The highest BCUT2D eigenvalue weighted by molar-refractivity contribution is 6.02. The Bertz CT molecular complexity index is 1810. The highest BCUT2D eigenvalue weighted by atomic mass is 16.5. The molecule has 4 aromatic carbocycles. The summed E-state index contributed by atoms with van der Waals surface area (Å²) in [6.45, 7) is 0. The fourth-order valence-electron chi connectivity index (χ4n) is 4.54. The number of rotatable bonds is 2. The lowest BCUT2D eigenvalue weighted by atomic mass is 9.96. The fraction of sp³-hybridized carbons (Fsp3) is 0. The number of hydrogen-bond donors (Lipinski definition) is 1. The van der Waals surface area contributed by atoms with Gasteiger partial charge in [-0.15, -0.1) is 0 Å². The van der Waals surface area contributed by atoms with Gasteiger partial charge in [0.25, 0.3) is 5.56 Å². The highest BCUT2D eigenvalue weighted by Gasteiger charge is 2.24. The van der Waals surface area contributed by atoms with E-state index in [0.29, 0.717) is 28.0 Å². The van der Waals surface area contributed by atoms with E-state index in [1.807, 2.05) is 84.9 Å². The molecule has 0 spiro atoms. The molecule has 2 aromatic heterocycles. The monoisotopic (exact) mass is 440 g/mol. The Labute approximate surface area is 193 Å². The van der Waals surface area contributed by atoms with Crippen LogP contribution in [0, 0.1) is 0 Å². The minimum atomic E-state index is -0.240. The molecule has 7 rings (SSSR count). The summed E-state index contributed by atoms with van der Waals surface area (Å²) >= 11 is 0.